The predicted octanol–water partition coefficient (Wildman–Crippen LogP) is 2.31. The highest BCUT2D eigenvalue weighted by Gasteiger charge is 2.38. The molecule has 0 fully saturated rings. The van der Waals surface area contributed by atoms with Gasteiger partial charge in [0.1, 0.15) is 18.7 Å². The second-order valence-corrected chi connectivity index (χ2v) is 8.53. The van der Waals surface area contributed by atoms with Gasteiger partial charge >= 0.3 is 12.1 Å². The van der Waals surface area contributed by atoms with Gasteiger partial charge in [-0.2, -0.15) is 0 Å². The summed E-state index contributed by atoms with van der Waals surface area (Å²) in [5.41, 5.74) is 8.20. The number of benzene rings is 2. The zero-order valence-electron chi connectivity index (χ0n) is 19.9. The number of primary amides is 1. The highest BCUT2D eigenvalue weighted by atomic mass is 16.6. The summed E-state index contributed by atoms with van der Waals surface area (Å²) in [5, 5.41) is 2.65. The minimum atomic E-state index is -1.11. The first-order valence-corrected chi connectivity index (χ1v) is 11.6. The van der Waals surface area contributed by atoms with E-state index in [0.717, 1.165) is 16.7 Å². The van der Waals surface area contributed by atoms with E-state index in [1.807, 2.05) is 54.6 Å². The summed E-state index contributed by atoms with van der Waals surface area (Å²) in [7, 11) is 0. The predicted molar refractivity (Wildman–Crippen MR) is 128 cm³/mol. The van der Waals surface area contributed by atoms with Gasteiger partial charge in [-0.15, -0.1) is 0 Å². The van der Waals surface area contributed by atoms with E-state index in [4.69, 9.17) is 15.2 Å². The molecule has 3 N–H and O–H groups in total. The van der Waals surface area contributed by atoms with Crippen molar-refractivity contribution in [3.05, 3.63) is 71.3 Å². The van der Waals surface area contributed by atoms with Crippen molar-refractivity contribution < 1.29 is 28.7 Å². The van der Waals surface area contributed by atoms with Crippen LogP contribution in [0.5, 0.6) is 0 Å². The maximum atomic E-state index is 13.3. The van der Waals surface area contributed by atoms with E-state index in [1.54, 1.807) is 13.8 Å². The molecule has 1 aliphatic heterocycles. The molecule has 1 aliphatic rings. The molecule has 35 heavy (non-hydrogen) atoms. The number of ether oxygens (including phenoxy) is 2. The number of nitrogens with zero attached hydrogens (tertiary/aromatic N) is 1. The molecule has 3 atom stereocenters. The van der Waals surface area contributed by atoms with Crippen LogP contribution in [0, 0.1) is 5.92 Å². The Kier molecular flexibility index (Phi) is 8.83. The monoisotopic (exact) mass is 481 g/mol. The van der Waals surface area contributed by atoms with Crippen molar-refractivity contribution in [2.24, 2.45) is 11.7 Å². The number of fused-ring (bicyclic) bond motifs is 1. The summed E-state index contributed by atoms with van der Waals surface area (Å²) >= 11 is 0. The van der Waals surface area contributed by atoms with Crippen LogP contribution in [-0.4, -0.2) is 47.5 Å². The number of nitrogens with one attached hydrogen (secondary N) is 1. The highest BCUT2D eigenvalue weighted by molar-refractivity contribution is 5.91. The zero-order valence-corrected chi connectivity index (χ0v) is 19.9. The summed E-state index contributed by atoms with van der Waals surface area (Å²) in [5.74, 6) is -2.40. The summed E-state index contributed by atoms with van der Waals surface area (Å²) in [6.45, 7) is 3.77. The van der Waals surface area contributed by atoms with Gasteiger partial charge in [-0.3, -0.25) is 19.3 Å². The van der Waals surface area contributed by atoms with Crippen LogP contribution in [0.15, 0.2) is 54.6 Å². The number of carbonyl (C=O) groups excluding carboxylic acids is 4. The summed E-state index contributed by atoms with van der Waals surface area (Å²) < 4.78 is 10.4. The minimum absolute atomic E-state index is 0.0621. The first-order chi connectivity index (χ1) is 16.8. The lowest BCUT2D eigenvalue weighted by Crippen LogP contribution is -2.57. The number of hydrogen-bond acceptors (Lipinski definition) is 6. The molecule has 0 aliphatic carbocycles. The van der Waals surface area contributed by atoms with Crippen LogP contribution < -0.4 is 11.1 Å². The first-order valence-electron chi connectivity index (χ1n) is 11.6. The third kappa shape index (κ3) is 6.81. The Labute approximate surface area is 204 Å². The lowest BCUT2D eigenvalue weighted by Gasteiger charge is -2.36. The maximum Gasteiger partial charge on any atom is 0.411 e. The fraction of sp³-hybridized carbons (Fsp3) is 0.385. The summed E-state index contributed by atoms with van der Waals surface area (Å²) in [4.78, 5) is 51.7. The van der Waals surface area contributed by atoms with Gasteiger partial charge in [-0.1, -0.05) is 61.5 Å². The van der Waals surface area contributed by atoms with Gasteiger partial charge in [-0.25, -0.2) is 4.79 Å². The molecule has 0 saturated heterocycles. The van der Waals surface area contributed by atoms with E-state index in [-0.39, 0.29) is 32.6 Å². The fourth-order valence-corrected chi connectivity index (χ4v) is 4.10. The highest BCUT2D eigenvalue weighted by Crippen LogP contribution is 2.25. The largest absolute Gasteiger partial charge is 0.466 e. The van der Waals surface area contributed by atoms with Crippen molar-refractivity contribution in [2.75, 3.05) is 6.61 Å². The number of amides is 3. The molecule has 1 heterocycles. The normalized spacial score (nSPS) is 16.4. The average molecular weight is 482 g/mol. The molecule has 0 spiro atoms. The molecule has 0 bridgehead atoms. The molecule has 0 unspecified atom stereocenters. The molecular formula is C26H31N3O6. The van der Waals surface area contributed by atoms with Gasteiger partial charge in [0.25, 0.3) is 0 Å². The van der Waals surface area contributed by atoms with Crippen LogP contribution >= 0.6 is 0 Å². The number of carbonyl (C=O) groups is 4. The van der Waals surface area contributed by atoms with Gasteiger partial charge in [0.15, 0.2) is 0 Å². The van der Waals surface area contributed by atoms with Gasteiger partial charge < -0.3 is 20.5 Å². The van der Waals surface area contributed by atoms with E-state index in [2.05, 4.69) is 5.32 Å². The topological polar surface area (TPSA) is 128 Å². The van der Waals surface area contributed by atoms with Crippen LogP contribution in [0.3, 0.4) is 0 Å². The maximum absolute atomic E-state index is 13.3. The third-order valence-electron chi connectivity index (χ3n) is 5.96. The third-order valence-corrected chi connectivity index (χ3v) is 5.96. The summed E-state index contributed by atoms with van der Waals surface area (Å²) in [6.07, 6.45) is -0.475. The molecule has 2 aromatic rings. The van der Waals surface area contributed by atoms with E-state index in [1.165, 1.54) is 4.90 Å². The Morgan fingerprint density at radius 3 is 2.34 bits per heavy atom. The van der Waals surface area contributed by atoms with Crippen LogP contribution in [0.25, 0.3) is 0 Å². The van der Waals surface area contributed by atoms with Crippen LogP contribution in [0.2, 0.25) is 0 Å². The van der Waals surface area contributed by atoms with Crippen LogP contribution in [-0.2, 0) is 43.4 Å². The number of rotatable bonds is 9. The van der Waals surface area contributed by atoms with Gasteiger partial charge in [-0.05, 0) is 29.5 Å². The quantitative estimate of drug-likeness (QED) is 0.529. The van der Waals surface area contributed by atoms with Crippen molar-refractivity contribution in [3.8, 4) is 0 Å². The number of hydrogen-bond donors (Lipinski definition) is 2. The first kappa shape index (κ1) is 25.7. The van der Waals surface area contributed by atoms with Crippen molar-refractivity contribution >= 4 is 23.9 Å². The molecule has 0 saturated carbocycles. The van der Waals surface area contributed by atoms with Gasteiger partial charge in [0, 0.05) is 6.42 Å². The molecule has 3 rings (SSSR count). The Hall–Kier alpha value is -3.88. The standard InChI is InChI=1S/C26H31N3O6/c1-3-34-22(30)13-17(2)23(24(27)31)28-25(32)21-14-19-11-7-8-12-20(19)15-29(21)26(33)35-16-18-9-5-4-6-10-18/h4-12,17,21,23H,3,13-16H2,1-2H3,(H2,27,31)(H,28,32)/t17-,21-,23-/m0/s1. The molecule has 0 radical (unpaired) electrons. The number of nitrogens with two attached hydrogens (primary N) is 1. The van der Waals surface area contributed by atoms with Crippen molar-refractivity contribution in [1.82, 2.24) is 10.2 Å². The van der Waals surface area contributed by atoms with Crippen molar-refractivity contribution in [2.45, 2.75) is 51.9 Å². The lowest BCUT2D eigenvalue weighted by atomic mass is 9.92. The van der Waals surface area contributed by atoms with Crippen LogP contribution in [0.4, 0.5) is 4.79 Å². The van der Waals surface area contributed by atoms with E-state index < -0.39 is 41.9 Å². The number of esters is 1. The molecule has 3 amide bonds. The molecule has 9 nitrogen and oxygen atoms in total. The minimum Gasteiger partial charge on any atom is -0.466 e. The second-order valence-electron chi connectivity index (χ2n) is 8.53. The fourth-order valence-electron chi connectivity index (χ4n) is 4.10. The van der Waals surface area contributed by atoms with Crippen LogP contribution in [0.1, 0.15) is 37.0 Å². The van der Waals surface area contributed by atoms with Crippen molar-refractivity contribution in [3.63, 3.8) is 0 Å². The van der Waals surface area contributed by atoms with E-state index >= 15 is 0 Å². The molecule has 0 aromatic heterocycles. The SMILES string of the molecule is CCOC(=O)C[C@H](C)[C@H](NC(=O)[C@@H]1Cc2ccccc2CN1C(=O)OCc1ccccc1)C(N)=O. The van der Waals surface area contributed by atoms with Gasteiger partial charge in [0.2, 0.25) is 11.8 Å². The van der Waals surface area contributed by atoms with Crippen molar-refractivity contribution in [1.29, 1.82) is 0 Å². The molecular weight excluding hydrogens is 450 g/mol. The Balaban J connectivity index is 1.77. The van der Waals surface area contributed by atoms with E-state index in [9.17, 15) is 19.2 Å². The Morgan fingerprint density at radius 2 is 1.69 bits per heavy atom. The Morgan fingerprint density at radius 1 is 1.03 bits per heavy atom. The summed E-state index contributed by atoms with van der Waals surface area (Å²) in [6, 6.07) is 14.7. The average Bonchev–Trinajstić information content (AvgIpc) is 2.85. The van der Waals surface area contributed by atoms with Gasteiger partial charge in [0.05, 0.1) is 19.6 Å². The molecule has 2 aromatic carbocycles. The Bertz CT molecular complexity index is 1060. The lowest BCUT2D eigenvalue weighted by molar-refractivity contribution is -0.145. The second kappa shape index (κ2) is 12.0. The smallest absolute Gasteiger partial charge is 0.411 e. The molecule has 186 valence electrons. The molecule has 9 heteroatoms. The van der Waals surface area contributed by atoms with E-state index in [0.29, 0.717) is 0 Å². The zero-order chi connectivity index (χ0) is 25.4.